The number of amides is 3. The molecule has 1 aromatic heterocycles. The van der Waals surface area contributed by atoms with Crippen LogP contribution in [0.4, 0.5) is 18.4 Å². The summed E-state index contributed by atoms with van der Waals surface area (Å²) in [5.74, 6) is -1.82. The first-order chi connectivity index (χ1) is 45.7. The average molecular weight is 1410 g/mol. The predicted molar refractivity (Wildman–Crippen MR) is 372 cm³/mol. The van der Waals surface area contributed by atoms with Crippen LogP contribution in [0.3, 0.4) is 0 Å². The zero-order chi connectivity index (χ0) is 73.1. The summed E-state index contributed by atoms with van der Waals surface area (Å²) in [6.45, 7) is 26.3. The summed E-state index contributed by atoms with van der Waals surface area (Å²) in [6.07, 6.45) is 14.5. The highest BCUT2D eigenvalue weighted by Crippen LogP contribution is 2.34. The van der Waals surface area contributed by atoms with Crippen molar-refractivity contribution in [2.45, 2.75) is 176 Å². The number of aliphatic hydroxyl groups excluding tert-OH is 1. The number of hydrogen-bond donors (Lipinski definition) is 5. The van der Waals surface area contributed by atoms with E-state index in [9.17, 15) is 67.9 Å². The van der Waals surface area contributed by atoms with Crippen LogP contribution < -0.4 is 14.4 Å². The van der Waals surface area contributed by atoms with E-state index in [4.69, 9.17) is 10.2 Å². The number of fused-ring (bicyclic) bond motifs is 1. The molecule has 1 aliphatic carbocycles. The molecule has 2 aliphatic heterocycles. The van der Waals surface area contributed by atoms with Gasteiger partial charge in [0.05, 0.1) is 36.6 Å². The second kappa shape index (κ2) is 44.5. The molecule has 3 aliphatic rings. The molecule has 1 saturated carbocycles. The molecule has 3 atom stereocenters. The number of aromatic nitrogens is 1. The van der Waals surface area contributed by atoms with Crippen LogP contribution in [0.5, 0.6) is 5.75 Å². The number of anilines is 1. The molecule has 2 saturated heterocycles. The second-order valence-corrected chi connectivity index (χ2v) is 27.9. The summed E-state index contributed by atoms with van der Waals surface area (Å²) in [6, 6.07) is 10.0. The molecule has 2 aromatic carbocycles. The first kappa shape index (κ1) is 86.6. The Balaban J connectivity index is 0.000000642. The van der Waals surface area contributed by atoms with Gasteiger partial charge in [0.15, 0.2) is 11.4 Å². The average Bonchev–Trinajstić information content (AvgIpc) is 1.38. The normalized spacial score (nSPS) is 16.1. The van der Waals surface area contributed by atoms with Crippen molar-refractivity contribution in [2.24, 2.45) is 17.8 Å². The minimum Gasteiger partial charge on any atom is -0.511 e. The second-order valence-electron chi connectivity index (χ2n) is 25.5. The predicted octanol–water partition coefficient (Wildman–Crippen LogP) is 10.8. The zero-order valence-corrected chi connectivity index (χ0v) is 60.8. The van der Waals surface area contributed by atoms with Gasteiger partial charge in [-0.2, -0.15) is 16.8 Å². The zero-order valence-electron chi connectivity index (χ0n) is 59.1. The summed E-state index contributed by atoms with van der Waals surface area (Å²) in [4.78, 5) is 84.6. The van der Waals surface area contributed by atoms with Gasteiger partial charge in [-0.15, -0.1) is 0 Å². The van der Waals surface area contributed by atoms with Crippen molar-refractivity contribution in [3.63, 3.8) is 0 Å². The van der Waals surface area contributed by atoms with Gasteiger partial charge in [-0.25, -0.2) is 8.78 Å². The summed E-state index contributed by atoms with van der Waals surface area (Å²) in [5, 5.41) is 28.8. The Morgan fingerprint density at radius 1 is 0.773 bits per heavy atom. The van der Waals surface area contributed by atoms with Gasteiger partial charge in [-0.05, 0) is 151 Å². The first-order valence-electron chi connectivity index (χ1n) is 34.1. The number of carboxylic acids is 2. The fraction of sp³-hybridized carbons (Fsp3) is 0.667. The van der Waals surface area contributed by atoms with Crippen molar-refractivity contribution < 1.29 is 82.3 Å². The number of Topliss-reactive ketones (excluding diaryl/α,β-unsaturated/α-hetero) is 1. The van der Waals surface area contributed by atoms with E-state index in [0.29, 0.717) is 69.3 Å². The van der Waals surface area contributed by atoms with Gasteiger partial charge in [0.2, 0.25) is 11.8 Å². The Labute approximate surface area is 574 Å². The number of carbonyl (C=O) groups excluding carboxylic acids is 4. The number of alkyl halides is 2. The number of nitrogens with zero attached hydrogens (tertiary/aromatic N) is 7. The molecule has 3 fully saturated rings. The molecule has 0 bridgehead atoms. The van der Waals surface area contributed by atoms with E-state index in [1.54, 1.807) is 44.0 Å². The number of allylic oxidation sites excluding steroid dienone is 1. The van der Waals surface area contributed by atoms with Crippen molar-refractivity contribution in [3.05, 3.63) is 71.1 Å². The maximum absolute atomic E-state index is 14.3. The number of pyridine rings is 1. The number of piperazine rings is 1. The van der Waals surface area contributed by atoms with E-state index >= 15 is 0 Å². The topological polar surface area (TPSA) is 305 Å². The van der Waals surface area contributed by atoms with Gasteiger partial charge in [-0.1, -0.05) is 91.2 Å². The number of benzene rings is 2. The Morgan fingerprint density at radius 3 is 1.84 bits per heavy atom. The molecular formula is C69H111F3N8O15S2. The fourth-order valence-corrected chi connectivity index (χ4v) is 11.6. The molecule has 3 amide bonds. The molecule has 23 nitrogen and oxygen atoms in total. The van der Waals surface area contributed by atoms with Gasteiger partial charge < -0.3 is 44.3 Å². The van der Waals surface area contributed by atoms with E-state index in [2.05, 4.69) is 65.8 Å². The highest BCUT2D eigenvalue weighted by atomic mass is 32.3. The van der Waals surface area contributed by atoms with E-state index in [-0.39, 0.29) is 65.0 Å². The third kappa shape index (κ3) is 33.3. The highest BCUT2D eigenvalue weighted by molar-refractivity contribution is 7.85. The molecule has 3 aromatic rings. The molecule has 3 heterocycles. The van der Waals surface area contributed by atoms with Crippen LogP contribution in [-0.4, -0.2) is 219 Å². The summed E-state index contributed by atoms with van der Waals surface area (Å²) >= 11 is 0. The van der Waals surface area contributed by atoms with E-state index in [0.717, 1.165) is 94.1 Å². The number of ketones is 1. The Morgan fingerprint density at radius 2 is 1.37 bits per heavy atom. The third-order valence-electron chi connectivity index (χ3n) is 17.0. The standard InChI is InChI=1S/C37H47F3N6O9S2.C15H29NO.C8H17NO2.C6H12O.C3H6O2/c1-25(2)30(19-26-5-7-28(8-6-26)56(50,51)52)36(49)45-17-15-44(16-18-45)13-4-12-43(3)27-20-31-29(9-11-41-34(31)32(21-27)55-57(40,53)54)35(48)42-22-33(47)46-14-10-37(39,23-38)24-46;1-4-10-16(11-9-13(3)5-2)12-15(17)14-7-6-8-14;1-3-5-9(6-4-2)7-8(10)11;1-3-4-5-6(2)7;1-2-3(4)5/h5-9,11,20-21,25,30H,4,10,12-19,22-24H2,1-3H3,(H,42,48)(H,50,51,52);13,17H,4-12H2,1-3H3;3-7H2,1-2H3,(H,10,11);3-5H2,1-2H3;2H2,1H3,(H,4,5). The minimum absolute atomic E-state index is 0.000820. The number of carbonyl (C=O) groups is 6. The summed E-state index contributed by atoms with van der Waals surface area (Å²) < 4.78 is 101. The monoisotopic (exact) mass is 1410 g/mol. The molecule has 97 heavy (non-hydrogen) atoms. The molecule has 0 spiro atoms. The lowest BCUT2D eigenvalue weighted by molar-refractivity contribution is -0.139. The lowest BCUT2D eigenvalue weighted by Gasteiger charge is -2.37. The number of unbranched alkanes of at least 4 members (excludes halogenated alkanes) is 1. The Kier molecular flexibility index (Phi) is 39.8. The number of nitrogens with one attached hydrogen (secondary N) is 1. The van der Waals surface area contributed by atoms with Crippen LogP contribution in [-0.2, 0) is 51.0 Å². The van der Waals surface area contributed by atoms with E-state index in [1.165, 1.54) is 61.7 Å². The number of likely N-dealkylation sites (tertiary alicyclic amines) is 1. The highest BCUT2D eigenvalue weighted by Gasteiger charge is 2.40. The number of rotatable bonds is 34. The molecule has 3 unspecified atom stereocenters. The number of hydrogen-bond acceptors (Lipinski definition) is 17. The van der Waals surface area contributed by atoms with Crippen LogP contribution in [0.15, 0.2) is 64.9 Å². The Hall–Kier alpha value is -6.46. The van der Waals surface area contributed by atoms with Crippen LogP contribution in [0.2, 0.25) is 0 Å². The van der Waals surface area contributed by atoms with E-state index < -0.39 is 75.6 Å². The van der Waals surface area contributed by atoms with Gasteiger partial charge in [-0.3, -0.25) is 48.2 Å². The number of carboxylic acid groups (broad SMARTS) is 2. The largest absolute Gasteiger partial charge is 0.511 e. The number of aliphatic hydroxyl groups is 1. The van der Waals surface area contributed by atoms with Crippen LogP contribution >= 0.6 is 0 Å². The third-order valence-corrected chi connectivity index (χ3v) is 18.2. The van der Waals surface area contributed by atoms with Gasteiger partial charge in [0.25, 0.3) is 16.0 Å². The maximum atomic E-state index is 14.3. The van der Waals surface area contributed by atoms with Gasteiger partial charge in [0, 0.05) is 94.8 Å². The van der Waals surface area contributed by atoms with Gasteiger partial charge in [0.1, 0.15) is 23.7 Å². The number of aliphatic carboxylic acids is 2. The Bertz CT molecular complexity index is 3180. The van der Waals surface area contributed by atoms with Gasteiger partial charge >= 0.3 is 22.4 Å². The maximum Gasteiger partial charge on any atom is 0.488 e. The minimum atomic E-state index is -5.49. The van der Waals surface area contributed by atoms with Crippen molar-refractivity contribution in [3.8, 4) is 5.75 Å². The lowest BCUT2D eigenvalue weighted by atomic mass is 9.87. The van der Waals surface area contributed by atoms with Crippen LogP contribution in [0.1, 0.15) is 175 Å². The molecule has 0 radical (unpaired) electrons. The van der Waals surface area contributed by atoms with Crippen molar-refractivity contribution in [2.75, 3.05) is 117 Å². The number of halogens is 3. The quantitative estimate of drug-likeness (QED) is 0.0211. The van der Waals surface area contributed by atoms with Crippen LogP contribution in [0.25, 0.3) is 10.9 Å². The van der Waals surface area contributed by atoms with Crippen molar-refractivity contribution in [1.29, 1.82) is 0 Å². The fourth-order valence-electron chi connectivity index (χ4n) is 10.7. The summed E-state index contributed by atoms with van der Waals surface area (Å²) in [5.41, 5.74) is 0.191. The first-order valence-corrected chi connectivity index (χ1v) is 36.9. The molecule has 6 rings (SSSR count). The molecule has 5 N–H and O–H groups in total. The van der Waals surface area contributed by atoms with Crippen LogP contribution in [0, 0.1) is 17.8 Å². The lowest BCUT2D eigenvalue weighted by Crippen LogP contribution is -2.51. The summed E-state index contributed by atoms with van der Waals surface area (Å²) in [7, 11) is -8.09. The molecule has 28 heteroatoms. The SMILES string of the molecule is CC(C)C(Cc1ccc(S(=O)(=O)O)cc1)C(=O)N1CCN(CCCN(C)c2cc(OS(=O)(=O)F)c3nccc(C(=O)NCC(=O)N4CCC(F)(CF)C4)c3c2)CC1.CCC(=O)O.CCCCC(C)=O.CCCN(CCC(C)CC)CC(O)=C1CCC1.CCCN(CCC)CC(=O)O. The van der Waals surface area contributed by atoms with Crippen molar-refractivity contribution >= 4 is 72.7 Å². The molecule has 550 valence electrons. The molecular weight excluding hydrogens is 1300 g/mol. The van der Waals surface area contributed by atoms with E-state index in [1.807, 2.05) is 23.6 Å². The smallest absolute Gasteiger partial charge is 0.488 e. The van der Waals surface area contributed by atoms with Crippen molar-refractivity contribution in [1.82, 2.24) is 34.8 Å².